The Hall–Kier alpha value is -2.89. The molecule has 0 spiro atoms. The van der Waals surface area contributed by atoms with Crippen molar-refractivity contribution < 1.29 is 9.59 Å². The molecule has 0 aliphatic carbocycles. The Morgan fingerprint density at radius 1 is 1.08 bits per heavy atom. The number of hydrogen-bond donors (Lipinski definition) is 2. The highest BCUT2D eigenvalue weighted by Crippen LogP contribution is 2.21. The highest BCUT2D eigenvalue weighted by atomic mass is 16.2. The lowest BCUT2D eigenvalue weighted by atomic mass is 9.98. The van der Waals surface area contributed by atoms with Crippen molar-refractivity contribution in [3.63, 3.8) is 0 Å². The fourth-order valence-corrected chi connectivity index (χ4v) is 2.46. The highest BCUT2D eigenvalue weighted by molar-refractivity contribution is 6.02. The number of carbonyl (C=O) groups is 2. The van der Waals surface area contributed by atoms with Gasteiger partial charge in [-0.2, -0.15) is 5.10 Å². The maximum absolute atomic E-state index is 12.3. The van der Waals surface area contributed by atoms with Gasteiger partial charge in [0.1, 0.15) is 5.69 Å². The van der Waals surface area contributed by atoms with Gasteiger partial charge in [-0.15, -0.1) is 0 Å². The number of nitrogens with zero attached hydrogens (tertiary/aromatic N) is 2. The normalized spacial score (nSPS) is 11.7. The summed E-state index contributed by atoms with van der Waals surface area (Å²) in [5.74, 6) is -0.754. The van der Waals surface area contributed by atoms with Gasteiger partial charge in [0.25, 0.3) is 11.8 Å². The van der Waals surface area contributed by atoms with Gasteiger partial charge in [0, 0.05) is 12.6 Å². The Kier molecular flexibility index (Phi) is 5.18. The molecule has 0 saturated carbocycles. The molecular formula is C18H22N4O2. The van der Waals surface area contributed by atoms with Crippen LogP contribution in [-0.2, 0) is 11.8 Å². The molecule has 2 N–H and O–H groups in total. The first-order valence-electron chi connectivity index (χ1n) is 7.66. The molecule has 2 aromatic rings. The average molecular weight is 326 g/mol. The summed E-state index contributed by atoms with van der Waals surface area (Å²) >= 11 is 0. The minimum absolute atomic E-state index is 0.344. The van der Waals surface area contributed by atoms with Gasteiger partial charge in [0.15, 0.2) is 0 Å². The van der Waals surface area contributed by atoms with Crippen LogP contribution in [0, 0.1) is 13.8 Å². The molecule has 1 aromatic carbocycles. The number of hydrazine groups is 1. The summed E-state index contributed by atoms with van der Waals surface area (Å²) in [6, 6.07) is 9.51. The second-order valence-corrected chi connectivity index (χ2v) is 5.77. The lowest BCUT2D eigenvalue weighted by Gasteiger charge is -2.12. The summed E-state index contributed by atoms with van der Waals surface area (Å²) in [5.41, 5.74) is 9.51. The van der Waals surface area contributed by atoms with Crippen LogP contribution in [0.2, 0.25) is 0 Å². The van der Waals surface area contributed by atoms with Crippen LogP contribution in [0.3, 0.4) is 0 Å². The summed E-state index contributed by atoms with van der Waals surface area (Å²) in [7, 11) is 1.68. The summed E-state index contributed by atoms with van der Waals surface area (Å²) in [4.78, 5) is 24.4. The summed E-state index contributed by atoms with van der Waals surface area (Å²) in [5, 5.41) is 4.11. The molecule has 0 saturated heterocycles. The van der Waals surface area contributed by atoms with E-state index < -0.39 is 5.91 Å². The maximum atomic E-state index is 12.3. The molecule has 0 aliphatic heterocycles. The van der Waals surface area contributed by atoms with Crippen molar-refractivity contribution in [3.8, 4) is 0 Å². The zero-order chi connectivity index (χ0) is 17.9. The van der Waals surface area contributed by atoms with Crippen molar-refractivity contribution in [2.75, 3.05) is 0 Å². The first-order valence-corrected chi connectivity index (χ1v) is 7.66. The number of allylic oxidation sites excluding steroid dienone is 1. The molecule has 0 aliphatic rings. The minimum atomic E-state index is -0.409. The van der Waals surface area contributed by atoms with Gasteiger partial charge in [-0.1, -0.05) is 24.3 Å². The fourth-order valence-electron chi connectivity index (χ4n) is 2.46. The monoisotopic (exact) mass is 326 g/mol. The van der Waals surface area contributed by atoms with Gasteiger partial charge in [-0.3, -0.25) is 25.1 Å². The molecule has 0 radical (unpaired) electrons. The van der Waals surface area contributed by atoms with E-state index in [9.17, 15) is 9.59 Å². The number of carbonyl (C=O) groups excluding carboxylic acids is 2. The topological polar surface area (TPSA) is 76.0 Å². The standard InChI is InChI=1S/C18H22N4O2/c1-11-8-6-7-9-15(11)13(3)14(4)17(23)19-20-18(24)16-10-12(2)21-22(16)5/h6-10H,1-5H3,(H,19,23)(H,20,24)/b14-13+. The van der Waals surface area contributed by atoms with Gasteiger partial charge in [0.05, 0.1) is 5.69 Å². The Bertz CT molecular complexity index is 818. The molecule has 0 bridgehead atoms. The first kappa shape index (κ1) is 17.5. The molecule has 0 fully saturated rings. The summed E-state index contributed by atoms with van der Waals surface area (Å²) in [6.07, 6.45) is 0. The van der Waals surface area contributed by atoms with Gasteiger partial charge in [-0.25, -0.2) is 0 Å². The Labute approximate surface area is 141 Å². The Balaban J connectivity index is 2.09. The van der Waals surface area contributed by atoms with Gasteiger partial charge in [-0.05, 0) is 50.5 Å². The first-order chi connectivity index (χ1) is 11.3. The minimum Gasteiger partial charge on any atom is -0.268 e. The zero-order valence-electron chi connectivity index (χ0n) is 14.6. The maximum Gasteiger partial charge on any atom is 0.287 e. The number of aryl methyl sites for hydroxylation is 3. The number of aromatic nitrogens is 2. The second-order valence-electron chi connectivity index (χ2n) is 5.77. The van der Waals surface area contributed by atoms with E-state index in [0.29, 0.717) is 11.3 Å². The van der Waals surface area contributed by atoms with Crippen LogP contribution in [0.25, 0.3) is 5.57 Å². The number of hydrogen-bond acceptors (Lipinski definition) is 3. The number of rotatable bonds is 3. The third-order valence-corrected chi connectivity index (χ3v) is 3.98. The molecule has 0 unspecified atom stereocenters. The van der Waals surface area contributed by atoms with Gasteiger partial charge >= 0.3 is 0 Å². The van der Waals surface area contributed by atoms with Gasteiger partial charge in [0.2, 0.25) is 0 Å². The third kappa shape index (κ3) is 3.71. The van der Waals surface area contributed by atoms with E-state index in [1.54, 1.807) is 27.0 Å². The average Bonchev–Trinajstić information content (AvgIpc) is 2.90. The number of benzene rings is 1. The fraction of sp³-hybridized carbons (Fsp3) is 0.278. The smallest absolute Gasteiger partial charge is 0.268 e. The van der Waals surface area contributed by atoms with Crippen molar-refractivity contribution in [1.82, 2.24) is 20.6 Å². The third-order valence-electron chi connectivity index (χ3n) is 3.98. The summed E-state index contributed by atoms with van der Waals surface area (Å²) in [6.45, 7) is 7.42. The van der Waals surface area contributed by atoms with Crippen molar-refractivity contribution in [1.29, 1.82) is 0 Å². The van der Waals surface area contributed by atoms with Crippen LogP contribution >= 0.6 is 0 Å². The van der Waals surface area contributed by atoms with Crippen LogP contribution in [0.4, 0.5) is 0 Å². The van der Waals surface area contributed by atoms with Gasteiger partial charge < -0.3 is 0 Å². The molecule has 0 atom stereocenters. The Morgan fingerprint density at radius 2 is 1.75 bits per heavy atom. The number of amides is 2. The quantitative estimate of drug-likeness (QED) is 0.671. The van der Waals surface area contributed by atoms with Crippen molar-refractivity contribution in [2.45, 2.75) is 27.7 Å². The van der Waals surface area contributed by atoms with E-state index in [2.05, 4.69) is 16.0 Å². The zero-order valence-corrected chi connectivity index (χ0v) is 14.6. The predicted octanol–water partition coefficient (Wildman–Crippen LogP) is 2.29. The molecule has 1 aromatic heterocycles. The van der Waals surface area contributed by atoms with Crippen LogP contribution in [-0.4, -0.2) is 21.6 Å². The molecule has 24 heavy (non-hydrogen) atoms. The second kappa shape index (κ2) is 7.12. The molecule has 6 nitrogen and oxygen atoms in total. The predicted molar refractivity (Wildman–Crippen MR) is 93.0 cm³/mol. The summed E-state index contributed by atoms with van der Waals surface area (Å²) < 4.78 is 1.47. The largest absolute Gasteiger partial charge is 0.287 e. The van der Waals surface area contributed by atoms with Crippen molar-refractivity contribution in [2.24, 2.45) is 7.05 Å². The van der Waals surface area contributed by atoms with Crippen LogP contribution in [0.5, 0.6) is 0 Å². The van der Waals surface area contributed by atoms with E-state index >= 15 is 0 Å². The SMILES string of the molecule is C/C(C(=O)NNC(=O)c1cc(C)nn1C)=C(/C)c1ccccc1C. The van der Waals surface area contributed by atoms with Crippen LogP contribution in [0.1, 0.15) is 41.2 Å². The van der Waals surface area contributed by atoms with Crippen molar-refractivity contribution in [3.05, 3.63) is 58.4 Å². The lowest BCUT2D eigenvalue weighted by molar-refractivity contribution is -0.118. The Morgan fingerprint density at radius 3 is 2.33 bits per heavy atom. The molecule has 2 rings (SSSR count). The molecule has 6 heteroatoms. The van der Waals surface area contributed by atoms with E-state index in [-0.39, 0.29) is 5.91 Å². The number of nitrogens with one attached hydrogen (secondary N) is 2. The van der Waals surface area contributed by atoms with Crippen LogP contribution in [0.15, 0.2) is 35.9 Å². The molecule has 2 amide bonds. The van der Waals surface area contributed by atoms with E-state index in [4.69, 9.17) is 0 Å². The molecule has 126 valence electrons. The molecule has 1 heterocycles. The highest BCUT2D eigenvalue weighted by Gasteiger charge is 2.14. The molecular weight excluding hydrogens is 304 g/mol. The van der Waals surface area contributed by atoms with E-state index in [1.807, 2.05) is 38.1 Å². The van der Waals surface area contributed by atoms with E-state index in [0.717, 1.165) is 22.4 Å². The van der Waals surface area contributed by atoms with E-state index in [1.165, 1.54) is 4.68 Å². The van der Waals surface area contributed by atoms with Crippen LogP contribution < -0.4 is 10.9 Å². The lowest BCUT2D eigenvalue weighted by Crippen LogP contribution is -2.42. The van der Waals surface area contributed by atoms with Crippen molar-refractivity contribution >= 4 is 17.4 Å².